The van der Waals surface area contributed by atoms with Gasteiger partial charge in [0.2, 0.25) is 0 Å². The van der Waals surface area contributed by atoms with Crippen molar-refractivity contribution in [3.8, 4) is 0 Å². The van der Waals surface area contributed by atoms with Crippen LogP contribution in [0.25, 0.3) is 0 Å². The number of rotatable bonds is 5. The van der Waals surface area contributed by atoms with E-state index in [1.165, 1.54) is 0 Å². The lowest BCUT2D eigenvalue weighted by Gasteiger charge is -2.09. The SMILES string of the molecule is CNC(=O)c1ccc(CNC(=O)NCc2ccc(Cl)cc2Cl)cc1. The van der Waals surface area contributed by atoms with E-state index in [-0.39, 0.29) is 11.9 Å². The summed E-state index contributed by atoms with van der Waals surface area (Å²) in [5.74, 6) is -0.146. The number of carbonyl (C=O) groups excluding carboxylic acids is 2. The minimum Gasteiger partial charge on any atom is -0.355 e. The zero-order valence-electron chi connectivity index (χ0n) is 13.0. The van der Waals surface area contributed by atoms with Gasteiger partial charge in [0.25, 0.3) is 5.91 Å². The van der Waals surface area contributed by atoms with Gasteiger partial charge in [0.15, 0.2) is 0 Å². The summed E-state index contributed by atoms with van der Waals surface area (Å²) in [7, 11) is 1.58. The number of halogens is 2. The van der Waals surface area contributed by atoms with Crippen molar-refractivity contribution in [1.82, 2.24) is 16.0 Å². The maximum atomic E-state index is 11.8. The molecule has 5 nitrogen and oxygen atoms in total. The van der Waals surface area contributed by atoms with E-state index in [9.17, 15) is 9.59 Å². The standard InChI is InChI=1S/C17H17Cl2N3O2/c1-20-16(23)12-4-2-11(3-5-12)9-21-17(24)22-10-13-6-7-14(18)8-15(13)19/h2-8H,9-10H2,1H3,(H,20,23)(H2,21,22,24). The van der Waals surface area contributed by atoms with Crippen LogP contribution in [0.4, 0.5) is 4.79 Å². The highest BCUT2D eigenvalue weighted by Crippen LogP contribution is 2.20. The second-order valence-corrected chi connectivity index (χ2v) is 5.89. The van der Waals surface area contributed by atoms with Gasteiger partial charge < -0.3 is 16.0 Å². The number of hydrogen-bond acceptors (Lipinski definition) is 2. The first-order valence-electron chi connectivity index (χ1n) is 7.26. The van der Waals surface area contributed by atoms with Gasteiger partial charge in [-0.3, -0.25) is 4.79 Å². The van der Waals surface area contributed by atoms with E-state index in [0.717, 1.165) is 11.1 Å². The topological polar surface area (TPSA) is 70.2 Å². The molecule has 2 aromatic rings. The van der Waals surface area contributed by atoms with Gasteiger partial charge in [-0.15, -0.1) is 0 Å². The molecule has 7 heteroatoms. The summed E-state index contributed by atoms with van der Waals surface area (Å²) in [6.07, 6.45) is 0. The number of carbonyl (C=O) groups is 2. The zero-order valence-corrected chi connectivity index (χ0v) is 14.5. The molecule has 0 fully saturated rings. The van der Waals surface area contributed by atoms with Crippen LogP contribution < -0.4 is 16.0 Å². The molecule has 0 atom stereocenters. The van der Waals surface area contributed by atoms with Crippen molar-refractivity contribution < 1.29 is 9.59 Å². The summed E-state index contributed by atoms with van der Waals surface area (Å²) in [6.45, 7) is 0.658. The van der Waals surface area contributed by atoms with Crippen LogP contribution in [0.1, 0.15) is 21.5 Å². The number of amides is 3. The van der Waals surface area contributed by atoms with Crippen molar-refractivity contribution >= 4 is 35.1 Å². The fraction of sp³-hybridized carbons (Fsp3) is 0.176. The van der Waals surface area contributed by atoms with Gasteiger partial charge in [-0.1, -0.05) is 41.4 Å². The minimum atomic E-state index is -0.309. The molecule has 24 heavy (non-hydrogen) atoms. The Balaban J connectivity index is 1.81. The lowest BCUT2D eigenvalue weighted by molar-refractivity contribution is 0.0963. The van der Waals surface area contributed by atoms with E-state index in [2.05, 4.69) is 16.0 Å². The zero-order chi connectivity index (χ0) is 17.5. The summed E-state index contributed by atoms with van der Waals surface area (Å²) in [4.78, 5) is 23.3. The van der Waals surface area contributed by atoms with E-state index >= 15 is 0 Å². The van der Waals surface area contributed by atoms with Crippen LogP contribution in [0, 0.1) is 0 Å². The van der Waals surface area contributed by atoms with E-state index in [1.807, 2.05) is 0 Å². The van der Waals surface area contributed by atoms with Crippen LogP contribution >= 0.6 is 23.2 Å². The van der Waals surface area contributed by atoms with Gasteiger partial charge in [0.1, 0.15) is 0 Å². The average molecular weight is 366 g/mol. The Labute approximate surface area is 150 Å². The first-order valence-corrected chi connectivity index (χ1v) is 8.02. The molecular weight excluding hydrogens is 349 g/mol. The molecule has 0 heterocycles. The third-order valence-corrected chi connectivity index (χ3v) is 3.94. The fourth-order valence-corrected chi connectivity index (χ4v) is 2.48. The van der Waals surface area contributed by atoms with Crippen molar-refractivity contribution in [3.63, 3.8) is 0 Å². The molecule has 0 aliphatic rings. The normalized spacial score (nSPS) is 10.1. The number of benzene rings is 2. The Bertz CT molecular complexity index is 733. The molecule has 2 rings (SSSR count). The molecular formula is C17H17Cl2N3O2. The molecule has 0 radical (unpaired) electrons. The minimum absolute atomic E-state index is 0.146. The fourth-order valence-electron chi connectivity index (χ4n) is 2.00. The van der Waals surface area contributed by atoms with Crippen molar-refractivity contribution in [2.45, 2.75) is 13.1 Å². The summed E-state index contributed by atoms with van der Waals surface area (Å²) in [5.41, 5.74) is 2.25. The van der Waals surface area contributed by atoms with E-state index in [0.29, 0.717) is 28.7 Å². The van der Waals surface area contributed by atoms with E-state index in [1.54, 1.807) is 49.5 Å². The Morgan fingerprint density at radius 1 is 0.958 bits per heavy atom. The van der Waals surface area contributed by atoms with Gasteiger partial charge in [-0.2, -0.15) is 0 Å². The molecule has 0 saturated heterocycles. The van der Waals surface area contributed by atoms with E-state index < -0.39 is 0 Å². The highest BCUT2D eigenvalue weighted by Gasteiger charge is 2.06. The first-order chi connectivity index (χ1) is 11.5. The molecule has 0 unspecified atom stereocenters. The second kappa shape index (κ2) is 8.57. The van der Waals surface area contributed by atoms with Crippen LogP contribution in [0.5, 0.6) is 0 Å². The monoisotopic (exact) mass is 365 g/mol. The van der Waals surface area contributed by atoms with Gasteiger partial charge in [-0.25, -0.2) is 4.79 Å². The average Bonchev–Trinajstić information content (AvgIpc) is 2.59. The van der Waals surface area contributed by atoms with Crippen molar-refractivity contribution in [2.75, 3.05) is 7.05 Å². The van der Waals surface area contributed by atoms with Crippen LogP contribution in [0.15, 0.2) is 42.5 Å². The second-order valence-electron chi connectivity index (χ2n) is 5.05. The third-order valence-electron chi connectivity index (χ3n) is 3.35. The molecule has 0 bridgehead atoms. The smallest absolute Gasteiger partial charge is 0.315 e. The Kier molecular flexibility index (Phi) is 6.46. The van der Waals surface area contributed by atoms with Crippen LogP contribution in [0.3, 0.4) is 0 Å². The predicted molar refractivity (Wildman–Crippen MR) is 95.4 cm³/mol. The quantitative estimate of drug-likeness (QED) is 0.760. The van der Waals surface area contributed by atoms with Gasteiger partial charge in [0, 0.05) is 35.7 Å². The number of hydrogen-bond donors (Lipinski definition) is 3. The van der Waals surface area contributed by atoms with Crippen molar-refractivity contribution in [3.05, 3.63) is 69.2 Å². The molecule has 126 valence electrons. The Morgan fingerprint density at radius 2 is 1.62 bits per heavy atom. The third kappa shape index (κ3) is 5.15. The highest BCUT2D eigenvalue weighted by molar-refractivity contribution is 6.35. The van der Waals surface area contributed by atoms with Crippen LogP contribution in [-0.2, 0) is 13.1 Å². The number of urea groups is 1. The van der Waals surface area contributed by atoms with E-state index in [4.69, 9.17) is 23.2 Å². The molecule has 0 spiro atoms. The Morgan fingerprint density at radius 3 is 2.25 bits per heavy atom. The number of nitrogens with one attached hydrogen (secondary N) is 3. The molecule has 3 N–H and O–H groups in total. The lowest BCUT2D eigenvalue weighted by Crippen LogP contribution is -2.34. The first kappa shape index (κ1) is 18.1. The summed E-state index contributed by atoms with van der Waals surface area (Å²) in [5, 5.41) is 9.08. The van der Waals surface area contributed by atoms with Gasteiger partial charge >= 0.3 is 6.03 Å². The van der Waals surface area contributed by atoms with Crippen LogP contribution in [0.2, 0.25) is 10.0 Å². The summed E-state index contributed by atoms with van der Waals surface area (Å²) >= 11 is 11.9. The molecule has 3 amide bonds. The largest absolute Gasteiger partial charge is 0.355 e. The highest BCUT2D eigenvalue weighted by atomic mass is 35.5. The van der Waals surface area contributed by atoms with Crippen LogP contribution in [-0.4, -0.2) is 19.0 Å². The molecule has 2 aromatic carbocycles. The molecule has 0 aromatic heterocycles. The Hall–Kier alpha value is -2.24. The summed E-state index contributed by atoms with van der Waals surface area (Å²) in [6, 6.07) is 11.8. The predicted octanol–water partition coefficient (Wildman–Crippen LogP) is 3.35. The van der Waals surface area contributed by atoms with Gasteiger partial charge in [0.05, 0.1) is 0 Å². The van der Waals surface area contributed by atoms with Crippen molar-refractivity contribution in [2.24, 2.45) is 0 Å². The van der Waals surface area contributed by atoms with Gasteiger partial charge in [-0.05, 0) is 35.4 Å². The maximum Gasteiger partial charge on any atom is 0.315 e. The summed E-state index contributed by atoms with van der Waals surface area (Å²) < 4.78 is 0. The van der Waals surface area contributed by atoms with Crippen molar-refractivity contribution in [1.29, 1.82) is 0 Å². The maximum absolute atomic E-state index is 11.8. The molecule has 0 saturated carbocycles. The molecule has 0 aliphatic heterocycles. The molecule has 0 aliphatic carbocycles. The lowest BCUT2D eigenvalue weighted by atomic mass is 10.1.